The number of benzene rings is 1. The lowest BCUT2D eigenvalue weighted by Gasteiger charge is -2.24. The zero-order valence-electron chi connectivity index (χ0n) is 12.5. The van der Waals surface area contributed by atoms with Crippen LogP contribution in [0, 0.1) is 5.41 Å². The minimum atomic E-state index is -0.840. The van der Waals surface area contributed by atoms with Gasteiger partial charge >= 0.3 is 12.0 Å². The second-order valence-corrected chi connectivity index (χ2v) is 5.86. The van der Waals surface area contributed by atoms with Crippen LogP contribution in [0.2, 0.25) is 0 Å². The number of nitrogens with zero attached hydrogens (tertiary/aromatic N) is 1. The summed E-state index contributed by atoms with van der Waals surface area (Å²) in [5.74, 6) is -0.840. The highest BCUT2D eigenvalue weighted by molar-refractivity contribution is 5.79. The number of urea groups is 1. The third kappa shape index (κ3) is 3.35. The largest absolute Gasteiger partial charge is 0.481 e. The van der Waals surface area contributed by atoms with Crippen molar-refractivity contribution in [3.63, 3.8) is 0 Å². The first kappa shape index (κ1) is 15.4. The Morgan fingerprint density at radius 1 is 1.38 bits per heavy atom. The minimum Gasteiger partial charge on any atom is -0.481 e. The number of carboxylic acids is 1. The van der Waals surface area contributed by atoms with E-state index in [1.165, 1.54) is 0 Å². The average Bonchev–Trinajstić information content (AvgIpc) is 2.89. The van der Waals surface area contributed by atoms with Gasteiger partial charge in [0, 0.05) is 13.1 Å². The Bertz CT molecular complexity index is 518. The van der Waals surface area contributed by atoms with Crippen LogP contribution in [-0.2, 0) is 4.79 Å². The fourth-order valence-electron chi connectivity index (χ4n) is 2.66. The summed E-state index contributed by atoms with van der Waals surface area (Å²) in [6.45, 7) is 4.46. The SMILES string of the molecule is CCC(NC(=O)N1CCC(C)(C(=O)O)C1)c1ccccc1. The molecule has 0 aliphatic carbocycles. The van der Waals surface area contributed by atoms with Gasteiger partial charge in [-0.2, -0.15) is 0 Å². The highest BCUT2D eigenvalue weighted by atomic mass is 16.4. The summed E-state index contributed by atoms with van der Waals surface area (Å²) in [6, 6.07) is 9.57. The van der Waals surface area contributed by atoms with Gasteiger partial charge in [0.1, 0.15) is 0 Å². The molecule has 1 fully saturated rings. The number of hydrogen-bond acceptors (Lipinski definition) is 2. The molecule has 21 heavy (non-hydrogen) atoms. The van der Waals surface area contributed by atoms with Gasteiger partial charge in [-0.15, -0.1) is 0 Å². The molecule has 2 rings (SSSR count). The molecule has 5 heteroatoms. The number of carbonyl (C=O) groups excluding carboxylic acids is 1. The molecule has 1 saturated heterocycles. The van der Waals surface area contributed by atoms with Crippen LogP contribution >= 0.6 is 0 Å². The lowest BCUT2D eigenvalue weighted by atomic mass is 9.90. The fourth-order valence-corrected chi connectivity index (χ4v) is 2.66. The van der Waals surface area contributed by atoms with Crippen molar-refractivity contribution in [3.8, 4) is 0 Å². The molecule has 1 heterocycles. The van der Waals surface area contributed by atoms with E-state index < -0.39 is 11.4 Å². The van der Waals surface area contributed by atoms with Gasteiger partial charge in [0.15, 0.2) is 0 Å². The van der Waals surface area contributed by atoms with E-state index in [1.807, 2.05) is 37.3 Å². The van der Waals surface area contributed by atoms with Gasteiger partial charge in [0.2, 0.25) is 0 Å². The molecular formula is C16H22N2O3. The van der Waals surface area contributed by atoms with E-state index in [2.05, 4.69) is 5.32 Å². The number of hydrogen-bond donors (Lipinski definition) is 2. The Hall–Kier alpha value is -2.04. The van der Waals surface area contributed by atoms with Gasteiger partial charge in [0.05, 0.1) is 11.5 Å². The molecule has 114 valence electrons. The fraction of sp³-hybridized carbons (Fsp3) is 0.500. The van der Waals surface area contributed by atoms with Crippen LogP contribution in [0.25, 0.3) is 0 Å². The molecule has 2 atom stereocenters. The molecular weight excluding hydrogens is 268 g/mol. The van der Waals surface area contributed by atoms with Crippen molar-refractivity contribution in [2.75, 3.05) is 13.1 Å². The Balaban J connectivity index is 2.00. The highest BCUT2D eigenvalue weighted by Crippen LogP contribution is 2.30. The van der Waals surface area contributed by atoms with E-state index in [-0.39, 0.29) is 18.6 Å². The average molecular weight is 290 g/mol. The van der Waals surface area contributed by atoms with Crippen molar-refractivity contribution in [2.24, 2.45) is 5.41 Å². The maximum Gasteiger partial charge on any atom is 0.317 e. The second-order valence-electron chi connectivity index (χ2n) is 5.86. The molecule has 1 aromatic carbocycles. The maximum absolute atomic E-state index is 12.3. The van der Waals surface area contributed by atoms with E-state index in [9.17, 15) is 14.7 Å². The summed E-state index contributed by atoms with van der Waals surface area (Å²) in [6.07, 6.45) is 1.29. The van der Waals surface area contributed by atoms with Gasteiger partial charge < -0.3 is 15.3 Å². The topological polar surface area (TPSA) is 69.6 Å². The predicted octanol–water partition coefficient (Wildman–Crippen LogP) is 2.64. The minimum absolute atomic E-state index is 0.0459. The van der Waals surface area contributed by atoms with Crippen molar-refractivity contribution in [1.29, 1.82) is 0 Å². The van der Waals surface area contributed by atoms with Gasteiger partial charge in [0.25, 0.3) is 0 Å². The van der Waals surface area contributed by atoms with E-state index in [4.69, 9.17) is 0 Å². The van der Waals surface area contributed by atoms with Gasteiger partial charge in [-0.3, -0.25) is 4.79 Å². The molecule has 1 aromatic rings. The molecule has 2 amide bonds. The summed E-state index contributed by atoms with van der Waals surface area (Å²) in [5.41, 5.74) is 0.236. The van der Waals surface area contributed by atoms with Crippen molar-refractivity contribution in [1.82, 2.24) is 10.2 Å². The second kappa shape index (κ2) is 6.16. The zero-order valence-corrected chi connectivity index (χ0v) is 12.5. The molecule has 1 aliphatic rings. The summed E-state index contributed by atoms with van der Waals surface area (Å²) in [5, 5.41) is 12.2. The Morgan fingerprint density at radius 2 is 2.05 bits per heavy atom. The summed E-state index contributed by atoms with van der Waals surface area (Å²) in [7, 11) is 0. The standard InChI is InChI=1S/C16H22N2O3/c1-3-13(12-7-5-4-6-8-12)17-15(21)18-10-9-16(2,11-18)14(19)20/h4-8,13H,3,9-11H2,1-2H3,(H,17,21)(H,19,20). The first-order valence-corrected chi connectivity index (χ1v) is 7.30. The monoisotopic (exact) mass is 290 g/mol. The van der Waals surface area contributed by atoms with Crippen molar-refractivity contribution in [3.05, 3.63) is 35.9 Å². The molecule has 1 aliphatic heterocycles. The Kier molecular flexibility index (Phi) is 4.50. The number of rotatable bonds is 4. The van der Waals surface area contributed by atoms with Crippen molar-refractivity contribution < 1.29 is 14.7 Å². The van der Waals surface area contributed by atoms with Gasteiger partial charge in [-0.1, -0.05) is 37.3 Å². The molecule has 2 unspecified atom stereocenters. The number of aliphatic carboxylic acids is 1. The van der Waals surface area contributed by atoms with Crippen LogP contribution in [-0.4, -0.2) is 35.1 Å². The van der Waals surface area contributed by atoms with Crippen LogP contribution < -0.4 is 5.32 Å². The molecule has 0 radical (unpaired) electrons. The number of nitrogens with one attached hydrogen (secondary N) is 1. The van der Waals surface area contributed by atoms with Crippen LogP contribution in [0.15, 0.2) is 30.3 Å². The lowest BCUT2D eigenvalue weighted by Crippen LogP contribution is -2.42. The van der Waals surface area contributed by atoms with Gasteiger partial charge in [-0.25, -0.2) is 4.79 Å². The van der Waals surface area contributed by atoms with E-state index in [0.29, 0.717) is 13.0 Å². The quantitative estimate of drug-likeness (QED) is 0.895. The first-order valence-electron chi connectivity index (χ1n) is 7.30. The summed E-state index contributed by atoms with van der Waals surface area (Å²) in [4.78, 5) is 25.2. The highest BCUT2D eigenvalue weighted by Gasteiger charge is 2.42. The molecule has 5 nitrogen and oxygen atoms in total. The first-order chi connectivity index (χ1) is 9.96. The lowest BCUT2D eigenvalue weighted by molar-refractivity contribution is -0.147. The van der Waals surface area contributed by atoms with Crippen LogP contribution in [0.4, 0.5) is 4.79 Å². The third-order valence-electron chi connectivity index (χ3n) is 4.18. The Labute approximate surface area is 125 Å². The van der Waals surface area contributed by atoms with E-state index in [1.54, 1.807) is 11.8 Å². The van der Waals surface area contributed by atoms with Crippen molar-refractivity contribution in [2.45, 2.75) is 32.7 Å². The van der Waals surface area contributed by atoms with E-state index in [0.717, 1.165) is 12.0 Å². The maximum atomic E-state index is 12.3. The number of carboxylic acid groups (broad SMARTS) is 1. The third-order valence-corrected chi connectivity index (χ3v) is 4.18. The molecule has 0 bridgehead atoms. The molecule has 2 N–H and O–H groups in total. The smallest absolute Gasteiger partial charge is 0.317 e. The number of carbonyl (C=O) groups is 2. The van der Waals surface area contributed by atoms with Crippen LogP contribution in [0.5, 0.6) is 0 Å². The molecule has 0 spiro atoms. The van der Waals surface area contributed by atoms with E-state index >= 15 is 0 Å². The Morgan fingerprint density at radius 3 is 2.57 bits per heavy atom. The van der Waals surface area contributed by atoms with Crippen LogP contribution in [0.1, 0.15) is 38.3 Å². The number of amides is 2. The van der Waals surface area contributed by atoms with Crippen LogP contribution in [0.3, 0.4) is 0 Å². The summed E-state index contributed by atoms with van der Waals surface area (Å²) < 4.78 is 0. The van der Waals surface area contributed by atoms with Gasteiger partial charge in [-0.05, 0) is 25.3 Å². The molecule has 0 aromatic heterocycles. The number of likely N-dealkylation sites (tertiary alicyclic amines) is 1. The molecule has 0 saturated carbocycles. The zero-order chi connectivity index (χ0) is 15.5. The normalized spacial score (nSPS) is 22.9. The predicted molar refractivity (Wildman–Crippen MR) is 79.9 cm³/mol. The summed E-state index contributed by atoms with van der Waals surface area (Å²) >= 11 is 0. The van der Waals surface area contributed by atoms with Crippen molar-refractivity contribution >= 4 is 12.0 Å².